The summed E-state index contributed by atoms with van der Waals surface area (Å²) in [5.74, 6) is -0.319. The first kappa shape index (κ1) is 18.9. The lowest BCUT2D eigenvalue weighted by molar-refractivity contribution is 0.0691. The van der Waals surface area contributed by atoms with Gasteiger partial charge in [0, 0.05) is 5.02 Å². The predicted molar refractivity (Wildman–Crippen MR) is 115 cm³/mol. The molecule has 1 N–H and O–H groups in total. The molecule has 0 atom stereocenters. The van der Waals surface area contributed by atoms with Crippen LogP contribution in [0.15, 0.2) is 60.7 Å². The zero-order chi connectivity index (χ0) is 20.4. The van der Waals surface area contributed by atoms with Gasteiger partial charge in [0.1, 0.15) is 5.82 Å². The zero-order valence-electron chi connectivity index (χ0n) is 15.7. The number of benzene rings is 2. The van der Waals surface area contributed by atoms with Crippen LogP contribution in [0.5, 0.6) is 0 Å². The van der Waals surface area contributed by atoms with E-state index >= 15 is 0 Å². The highest BCUT2D eigenvalue weighted by Crippen LogP contribution is 2.23. The number of carboxylic acid groups (broad SMARTS) is 1. The van der Waals surface area contributed by atoms with Gasteiger partial charge < -0.3 is 9.67 Å². The number of halogens is 1. The van der Waals surface area contributed by atoms with Crippen molar-refractivity contribution in [2.45, 2.75) is 13.5 Å². The third-order valence-electron chi connectivity index (χ3n) is 4.70. The Bertz CT molecular complexity index is 1230. The largest absolute Gasteiger partial charge is 0.477 e. The van der Waals surface area contributed by atoms with Gasteiger partial charge in [-0.3, -0.25) is 0 Å². The maximum atomic E-state index is 11.1. The predicted octanol–water partition coefficient (Wildman–Crippen LogP) is 5.31. The molecule has 144 valence electrons. The molecule has 0 saturated carbocycles. The van der Waals surface area contributed by atoms with Crippen LogP contribution in [0.2, 0.25) is 5.02 Å². The minimum atomic E-state index is -1.07. The first-order chi connectivity index (χ1) is 14.0. The second-order valence-corrected chi connectivity index (χ2v) is 7.09. The fourth-order valence-corrected chi connectivity index (χ4v) is 3.41. The quantitative estimate of drug-likeness (QED) is 0.458. The Morgan fingerprint density at radius 1 is 1.03 bits per heavy atom. The van der Waals surface area contributed by atoms with Crippen LogP contribution in [-0.4, -0.2) is 25.6 Å². The van der Waals surface area contributed by atoms with Gasteiger partial charge in [-0.2, -0.15) is 0 Å². The number of aromatic carboxylic acids is 1. The zero-order valence-corrected chi connectivity index (χ0v) is 16.5. The van der Waals surface area contributed by atoms with Gasteiger partial charge in [-0.25, -0.2) is 14.8 Å². The van der Waals surface area contributed by atoms with E-state index in [4.69, 9.17) is 16.7 Å². The average Bonchev–Trinajstić information content (AvgIpc) is 3.03. The van der Waals surface area contributed by atoms with Crippen molar-refractivity contribution in [3.63, 3.8) is 0 Å². The number of fused-ring (bicyclic) bond motifs is 1. The van der Waals surface area contributed by atoms with E-state index in [0.717, 1.165) is 28.0 Å². The van der Waals surface area contributed by atoms with Crippen molar-refractivity contribution in [3.8, 4) is 0 Å². The SMILES string of the molecule is Cc1nc2nc(C(=O)O)ccc2n1Cc1ccc(/C=C/c2ccccc2)cc1Cl. The summed E-state index contributed by atoms with van der Waals surface area (Å²) in [6.45, 7) is 2.39. The van der Waals surface area contributed by atoms with Crippen LogP contribution in [0.3, 0.4) is 0 Å². The van der Waals surface area contributed by atoms with Crippen LogP contribution in [-0.2, 0) is 6.54 Å². The number of aryl methyl sites for hydroxylation is 1. The average molecular weight is 404 g/mol. The standard InChI is InChI=1S/C23H18ClN3O2/c1-15-25-22-21(12-11-20(26-22)23(28)29)27(15)14-18-10-9-17(13-19(18)24)8-7-16-5-3-2-4-6-16/h2-13H,14H2,1H3,(H,28,29)/b8-7+. The number of hydrogen-bond acceptors (Lipinski definition) is 3. The molecule has 0 saturated heterocycles. The first-order valence-corrected chi connectivity index (χ1v) is 9.48. The van der Waals surface area contributed by atoms with E-state index in [-0.39, 0.29) is 5.69 Å². The van der Waals surface area contributed by atoms with Crippen LogP contribution >= 0.6 is 11.6 Å². The second kappa shape index (κ2) is 7.89. The maximum absolute atomic E-state index is 11.1. The van der Waals surface area contributed by atoms with Crippen LogP contribution in [0.25, 0.3) is 23.3 Å². The lowest BCUT2D eigenvalue weighted by Crippen LogP contribution is -2.03. The third kappa shape index (κ3) is 4.05. The Kier molecular flexibility index (Phi) is 5.14. The fourth-order valence-electron chi connectivity index (χ4n) is 3.16. The molecule has 2 aromatic heterocycles. The van der Waals surface area contributed by atoms with E-state index < -0.39 is 5.97 Å². The van der Waals surface area contributed by atoms with Crippen molar-refractivity contribution < 1.29 is 9.90 Å². The van der Waals surface area contributed by atoms with Crippen molar-refractivity contribution in [2.24, 2.45) is 0 Å². The molecule has 0 aliphatic heterocycles. The first-order valence-electron chi connectivity index (χ1n) is 9.10. The number of carbonyl (C=O) groups is 1. The van der Waals surface area contributed by atoms with Gasteiger partial charge in [-0.15, -0.1) is 0 Å². The lowest BCUT2D eigenvalue weighted by Gasteiger charge is -2.09. The molecule has 0 bridgehead atoms. The van der Waals surface area contributed by atoms with Crippen molar-refractivity contribution >= 4 is 40.9 Å². The summed E-state index contributed by atoms with van der Waals surface area (Å²) in [4.78, 5) is 19.6. The molecule has 2 heterocycles. The monoisotopic (exact) mass is 403 g/mol. The van der Waals surface area contributed by atoms with Gasteiger partial charge in [0.15, 0.2) is 11.3 Å². The minimum absolute atomic E-state index is 0.0188. The molecule has 0 aliphatic rings. The normalized spacial score (nSPS) is 11.4. The summed E-state index contributed by atoms with van der Waals surface area (Å²) in [5.41, 5.74) is 4.27. The van der Waals surface area contributed by atoms with E-state index in [1.54, 1.807) is 6.07 Å². The molecule has 4 rings (SSSR count). The molecule has 0 aliphatic carbocycles. The van der Waals surface area contributed by atoms with E-state index in [9.17, 15) is 4.79 Å². The topological polar surface area (TPSA) is 68.0 Å². The van der Waals surface area contributed by atoms with Crippen LogP contribution < -0.4 is 0 Å². The Morgan fingerprint density at radius 3 is 2.52 bits per heavy atom. The molecule has 0 spiro atoms. The van der Waals surface area contributed by atoms with Gasteiger partial charge in [-0.1, -0.05) is 66.2 Å². The van der Waals surface area contributed by atoms with Crippen LogP contribution in [0.1, 0.15) is 33.0 Å². The third-order valence-corrected chi connectivity index (χ3v) is 5.05. The van der Waals surface area contributed by atoms with Gasteiger partial charge in [-0.05, 0) is 41.8 Å². The number of pyridine rings is 1. The molecule has 0 unspecified atom stereocenters. The molecular formula is C23H18ClN3O2. The van der Waals surface area contributed by atoms with E-state index in [1.807, 2.05) is 72.2 Å². The number of aromatic nitrogens is 3. The number of hydrogen-bond donors (Lipinski definition) is 1. The lowest BCUT2D eigenvalue weighted by atomic mass is 10.1. The number of carboxylic acids is 1. The van der Waals surface area contributed by atoms with E-state index in [0.29, 0.717) is 17.2 Å². The summed E-state index contributed by atoms with van der Waals surface area (Å²) >= 11 is 6.54. The van der Waals surface area contributed by atoms with Gasteiger partial charge in [0.25, 0.3) is 0 Å². The Hall–Kier alpha value is -3.44. The molecule has 0 radical (unpaired) electrons. The summed E-state index contributed by atoms with van der Waals surface area (Å²) < 4.78 is 1.98. The second-order valence-electron chi connectivity index (χ2n) is 6.68. The van der Waals surface area contributed by atoms with Gasteiger partial charge >= 0.3 is 5.97 Å². The van der Waals surface area contributed by atoms with Crippen molar-refractivity contribution in [2.75, 3.05) is 0 Å². The minimum Gasteiger partial charge on any atom is -0.477 e. The maximum Gasteiger partial charge on any atom is 0.354 e. The Labute approximate surface area is 172 Å². The number of nitrogens with zero attached hydrogens (tertiary/aromatic N) is 3. The van der Waals surface area contributed by atoms with Crippen molar-refractivity contribution in [1.29, 1.82) is 0 Å². The van der Waals surface area contributed by atoms with Crippen LogP contribution in [0.4, 0.5) is 0 Å². The highest BCUT2D eigenvalue weighted by molar-refractivity contribution is 6.31. The van der Waals surface area contributed by atoms with Gasteiger partial charge in [0.2, 0.25) is 0 Å². The molecule has 2 aromatic carbocycles. The van der Waals surface area contributed by atoms with E-state index in [1.165, 1.54) is 6.07 Å². The molecule has 0 fully saturated rings. The van der Waals surface area contributed by atoms with Gasteiger partial charge in [0.05, 0.1) is 12.1 Å². The van der Waals surface area contributed by atoms with Crippen molar-refractivity contribution in [3.05, 3.63) is 93.9 Å². The van der Waals surface area contributed by atoms with Crippen LogP contribution in [0, 0.1) is 6.92 Å². The number of imidazole rings is 1. The summed E-state index contributed by atoms with van der Waals surface area (Å²) in [7, 11) is 0. The summed E-state index contributed by atoms with van der Waals surface area (Å²) in [5, 5.41) is 9.78. The molecule has 29 heavy (non-hydrogen) atoms. The molecular weight excluding hydrogens is 386 g/mol. The highest BCUT2D eigenvalue weighted by atomic mass is 35.5. The molecule has 6 heteroatoms. The van der Waals surface area contributed by atoms with E-state index in [2.05, 4.69) is 9.97 Å². The Morgan fingerprint density at radius 2 is 1.79 bits per heavy atom. The highest BCUT2D eigenvalue weighted by Gasteiger charge is 2.13. The summed E-state index contributed by atoms with van der Waals surface area (Å²) in [6.07, 6.45) is 4.07. The molecule has 0 amide bonds. The van der Waals surface area contributed by atoms with Crippen molar-refractivity contribution in [1.82, 2.24) is 14.5 Å². The fraction of sp³-hybridized carbons (Fsp3) is 0.0870. The smallest absolute Gasteiger partial charge is 0.354 e. The summed E-state index contributed by atoms with van der Waals surface area (Å²) in [6, 6.07) is 19.3. The number of rotatable bonds is 5. The Balaban J connectivity index is 1.61. The molecule has 5 nitrogen and oxygen atoms in total. The molecule has 4 aromatic rings.